The number of quaternary nitrogens is 1. The molecule has 20 heavy (non-hydrogen) atoms. The lowest BCUT2D eigenvalue weighted by Crippen LogP contribution is -3.14. The summed E-state index contributed by atoms with van der Waals surface area (Å²) in [5.41, 5.74) is 3.45. The van der Waals surface area contributed by atoms with E-state index in [4.69, 9.17) is 0 Å². The number of rotatable bonds is 7. The zero-order valence-corrected chi connectivity index (χ0v) is 14.5. The van der Waals surface area contributed by atoms with Gasteiger partial charge in [-0.3, -0.25) is 0 Å². The second-order valence-corrected chi connectivity index (χ2v) is 7.73. The van der Waals surface area contributed by atoms with Crippen LogP contribution in [0.4, 0.5) is 0 Å². The van der Waals surface area contributed by atoms with Crippen LogP contribution in [-0.2, 0) is 0 Å². The van der Waals surface area contributed by atoms with Crippen LogP contribution in [0.5, 0.6) is 0 Å². The average molecular weight is 279 g/mol. The standard InChI is InChI=1S/C19H35N/c1-17(2)10-9-11-18(3)12-13-19(4,5)16-20-14-7-6-8-15-20/h10,12H,6-9,11,13-16H2,1-5H3/p+1. The van der Waals surface area contributed by atoms with E-state index in [1.54, 1.807) is 5.57 Å². The number of allylic oxidation sites excluding steroid dienone is 4. The van der Waals surface area contributed by atoms with E-state index in [9.17, 15) is 0 Å². The summed E-state index contributed by atoms with van der Waals surface area (Å²) < 4.78 is 0. The minimum Gasteiger partial charge on any atom is -0.334 e. The topological polar surface area (TPSA) is 4.44 Å². The van der Waals surface area contributed by atoms with Gasteiger partial charge in [0.25, 0.3) is 0 Å². The van der Waals surface area contributed by atoms with Gasteiger partial charge in [0.2, 0.25) is 0 Å². The second-order valence-electron chi connectivity index (χ2n) is 7.73. The predicted octanol–water partition coefficient (Wildman–Crippen LogP) is 4.16. The minimum absolute atomic E-state index is 0.449. The molecule has 0 unspecified atom stereocenters. The largest absolute Gasteiger partial charge is 0.334 e. The van der Waals surface area contributed by atoms with Crippen molar-refractivity contribution in [3.8, 4) is 0 Å². The Morgan fingerprint density at radius 3 is 2.25 bits per heavy atom. The fourth-order valence-corrected chi connectivity index (χ4v) is 3.12. The van der Waals surface area contributed by atoms with E-state index in [0.29, 0.717) is 5.41 Å². The normalized spacial score (nSPS) is 18.1. The maximum Gasteiger partial charge on any atom is 0.0825 e. The van der Waals surface area contributed by atoms with Crippen LogP contribution in [0, 0.1) is 5.41 Å². The Labute approximate surface area is 127 Å². The molecule has 1 heteroatoms. The van der Waals surface area contributed by atoms with Crippen LogP contribution in [0.15, 0.2) is 23.3 Å². The maximum atomic E-state index is 2.49. The van der Waals surface area contributed by atoms with E-state index in [1.165, 1.54) is 63.7 Å². The lowest BCUT2D eigenvalue weighted by atomic mass is 9.87. The van der Waals surface area contributed by atoms with Crippen molar-refractivity contribution in [1.29, 1.82) is 0 Å². The molecule has 0 aromatic rings. The highest BCUT2D eigenvalue weighted by molar-refractivity contribution is 5.03. The van der Waals surface area contributed by atoms with Gasteiger partial charge in [-0.25, -0.2) is 0 Å². The van der Waals surface area contributed by atoms with Crippen molar-refractivity contribution in [2.75, 3.05) is 19.6 Å². The van der Waals surface area contributed by atoms with Crippen LogP contribution in [0.2, 0.25) is 0 Å². The van der Waals surface area contributed by atoms with E-state index in [2.05, 4.69) is 46.8 Å². The molecule has 0 aromatic carbocycles. The zero-order valence-electron chi connectivity index (χ0n) is 14.5. The molecule has 1 saturated heterocycles. The van der Waals surface area contributed by atoms with Gasteiger partial charge < -0.3 is 4.90 Å². The molecule has 1 nitrogen and oxygen atoms in total. The third-order valence-corrected chi connectivity index (χ3v) is 4.38. The molecular weight excluding hydrogens is 242 g/mol. The van der Waals surface area contributed by atoms with Gasteiger partial charge >= 0.3 is 0 Å². The Balaban J connectivity index is 2.34. The van der Waals surface area contributed by atoms with E-state index >= 15 is 0 Å². The van der Waals surface area contributed by atoms with Crippen LogP contribution < -0.4 is 4.90 Å². The van der Waals surface area contributed by atoms with Crippen LogP contribution in [-0.4, -0.2) is 19.6 Å². The second kappa shape index (κ2) is 8.67. The zero-order chi connectivity index (χ0) is 15.0. The summed E-state index contributed by atoms with van der Waals surface area (Å²) in [5.74, 6) is 0. The van der Waals surface area contributed by atoms with Crippen LogP contribution in [0.1, 0.15) is 73.1 Å². The SMILES string of the molecule is CC(C)=CCCC(C)=CCC(C)(C)C[NH+]1CCCCC1. The number of hydrogen-bond donors (Lipinski definition) is 1. The van der Waals surface area contributed by atoms with Crippen molar-refractivity contribution in [3.63, 3.8) is 0 Å². The van der Waals surface area contributed by atoms with Gasteiger partial charge in [0.05, 0.1) is 19.6 Å². The molecule has 1 fully saturated rings. The first kappa shape index (κ1) is 17.5. The highest BCUT2D eigenvalue weighted by Gasteiger charge is 2.24. The molecule has 0 atom stereocenters. The van der Waals surface area contributed by atoms with Gasteiger partial charge in [-0.1, -0.05) is 37.1 Å². The van der Waals surface area contributed by atoms with Gasteiger partial charge in [-0.2, -0.15) is 0 Å². The molecule has 0 aliphatic carbocycles. The van der Waals surface area contributed by atoms with Crippen molar-refractivity contribution in [2.45, 2.75) is 73.1 Å². The lowest BCUT2D eigenvalue weighted by Gasteiger charge is -2.31. The Morgan fingerprint density at radius 2 is 1.65 bits per heavy atom. The summed E-state index contributed by atoms with van der Waals surface area (Å²) in [6, 6.07) is 0. The minimum atomic E-state index is 0.449. The Hall–Kier alpha value is -0.560. The van der Waals surface area contributed by atoms with E-state index < -0.39 is 0 Å². The van der Waals surface area contributed by atoms with Crippen LogP contribution >= 0.6 is 0 Å². The first-order chi connectivity index (χ1) is 9.39. The van der Waals surface area contributed by atoms with Crippen molar-refractivity contribution < 1.29 is 4.90 Å². The first-order valence-electron chi connectivity index (χ1n) is 8.52. The Morgan fingerprint density at radius 1 is 1.00 bits per heavy atom. The highest BCUT2D eigenvalue weighted by atomic mass is 15.1. The van der Waals surface area contributed by atoms with Gasteiger partial charge in [0, 0.05) is 5.41 Å². The fourth-order valence-electron chi connectivity index (χ4n) is 3.12. The van der Waals surface area contributed by atoms with Crippen LogP contribution in [0.25, 0.3) is 0 Å². The van der Waals surface area contributed by atoms with E-state index in [-0.39, 0.29) is 0 Å². The molecule has 0 radical (unpaired) electrons. The van der Waals surface area contributed by atoms with Crippen molar-refractivity contribution >= 4 is 0 Å². The lowest BCUT2D eigenvalue weighted by molar-refractivity contribution is -0.911. The molecule has 0 aromatic heterocycles. The first-order valence-corrected chi connectivity index (χ1v) is 8.52. The van der Waals surface area contributed by atoms with Gasteiger partial charge in [-0.15, -0.1) is 0 Å². The molecule has 0 saturated carbocycles. The van der Waals surface area contributed by atoms with Crippen molar-refractivity contribution in [3.05, 3.63) is 23.3 Å². The van der Waals surface area contributed by atoms with Crippen molar-refractivity contribution in [1.82, 2.24) is 0 Å². The van der Waals surface area contributed by atoms with Gasteiger partial charge in [-0.05, 0) is 59.3 Å². The third-order valence-electron chi connectivity index (χ3n) is 4.38. The summed E-state index contributed by atoms with van der Waals surface area (Å²) >= 11 is 0. The van der Waals surface area contributed by atoms with E-state index in [0.717, 1.165) is 0 Å². The summed E-state index contributed by atoms with van der Waals surface area (Å²) in [4.78, 5) is 1.83. The van der Waals surface area contributed by atoms with Crippen molar-refractivity contribution in [2.24, 2.45) is 5.41 Å². The molecule has 1 N–H and O–H groups in total. The number of nitrogens with one attached hydrogen (secondary N) is 1. The molecule has 0 spiro atoms. The van der Waals surface area contributed by atoms with E-state index in [1.807, 2.05) is 4.90 Å². The van der Waals surface area contributed by atoms with Gasteiger partial charge in [0.1, 0.15) is 0 Å². The predicted molar refractivity (Wildman–Crippen MR) is 90.2 cm³/mol. The quantitative estimate of drug-likeness (QED) is 0.667. The summed E-state index contributed by atoms with van der Waals surface area (Å²) in [6.45, 7) is 15.7. The summed E-state index contributed by atoms with van der Waals surface area (Å²) in [6.07, 6.45) is 12.8. The Bertz CT molecular complexity index is 326. The highest BCUT2D eigenvalue weighted by Crippen LogP contribution is 2.21. The number of likely N-dealkylation sites (tertiary alicyclic amines) is 1. The third kappa shape index (κ3) is 7.89. The maximum absolute atomic E-state index is 2.49. The molecule has 1 heterocycles. The molecule has 1 aliphatic rings. The van der Waals surface area contributed by atoms with Gasteiger partial charge in [0.15, 0.2) is 0 Å². The summed E-state index contributed by atoms with van der Waals surface area (Å²) in [5, 5.41) is 0. The number of hydrogen-bond acceptors (Lipinski definition) is 0. The monoisotopic (exact) mass is 278 g/mol. The average Bonchev–Trinajstić information content (AvgIpc) is 2.37. The molecule has 1 aliphatic heterocycles. The fraction of sp³-hybridized carbons (Fsp3) is 0.789. The molecular formula is C19H36N+. The molecule has 0 amide bonds. The number of piperidine rings is 1. The molecule has 0 bridgehead atoms. The molecule has 1 rings (SSSR count). The summed E-state index contributed by atoms with van der Waals surface area (Å²) in [7, 11) is 0. The Kier molecular flexibility index (Phi) is 7.58. The molecule has 116 valence electrons. The smallest absolute Gasteiger partial charge is 0.0825 e. The van der Waals surface area contributed by atoms with Crippen LogP contribution in [0.3, 0.4) is 0 Å².